The minimum absolute atomic E-state index is 0.268. The van der Waals surface area contributed by atoms with Crippen LogP contribution in [0, 0.1) is 20.8 Å². The van der Waals surface area contributed by atoms with Gasteiger partial charge in [0.25, 0.3) is 11.8 Å². The summed E-state index contributed by atoms with van der Waals surface area (Å²) in [5.41, 5.74) is 5.71. The van der Waals surface area contributed by atoms with Gasteiger partial charge in [-0.2, -0.15) is 0 Å². The summed E-state index contributed by atoms with van der Waals surface area (Å²) in [7, 11) is 1.59. The predicted octanol–water partition coefficient (Wildman–Crippen LogP) is 5.02. The molecule has 0 spiro atoms. The molecule has 5 heteroatoms. The number of methoxy groups -OCH3 is 1. The minimum atomic E-state index is -0.374. The number of carbonyl (C=O) groups excluding carboxylic acids is 2. The number of benzene rings is 3. The Hall–Kier alpha value is -3.86. The Balaban J connectivity index is 1.83. The first-order chi connectivity index (χ1) is 14.9. The second-order valence-electron chi connectivity index (χ2n) is 7.70. The fourth-order valence-electron chi connectivity index (χ4n) is 3.60. The van der Waals surface area contributed by atoms with E-state index in [1.807, 2.05) is 51.1 Å². The van der Waals surface area contributed by atoms with Crippen molar-refractivity contribution in [2.75, 3.05) is 17.3 Å². The van der Waals surface area contributed by atoms with Crippen molar-refractivity contribution < 1.29 is 14.3 Å². The number of anilines is 2. The Labute approximate surface area is 182 Å². The Bertz CT molecular complexity index is 1190. The molecule has 1 N–H and O–H groups in total. The Morgan fingerprint density at radius 1 is 0.774 bits per heavy atom. The van der Waals surface area contributed by atoms with Gasteiger partial charge in [0.2, 0.25) is 0 Å². The normalized spacial score (nSPS) is 13.7. The van der Waals surface area contributed by atoms with Gasteiger partial charge in [-0.1, -0.05) is 42.0 Å². The van der Waals surface area contributed by atoms with Crippen molar-refractivity contribution in [1.82, 2.24) is 0 Å². The van der Waals surface area contributed by atoms with Crippen LogP contribution in [0.1, 0.15) is 22.3 Å². The van der Waals surface area contributed by atoms with Gasteiger partial charge in [-0.25, -0.2) is 4.90 Å². The lowest BCUT2D eigenvalue weighted by Gasteiger charge is -2.16. The Morgan fingerprint density at radius 3 is 2.06 bits per heavy atom. The SMILES string of the molecule is COc1ccc(C2=C(Nc3cc(C)ccc3C)C(=O)N(c3ccc(C)cc3)C2=O)cc1. The Kier molecular flexibility index (Phi) is 5.34. The number of hydrogen-bond acceptors (Lipinski definition) is 4. The van der Waals surface area contributed by atoms with Gasteiger partial charge in [-0.3, -0.25) is 9.59 Å². The molecule has 0 saturated heterocycles. The van der Waals surface area contributed by atoms with E-state index in [-0.39, 0.29) is 17.5 Å². The first-order valence-electron chi connectivity index (χ1n) is 10.1. The number of ether oxygens (including phenoxy) is 1. The molecular formula is C26H24N2O3. The largest absolute Gasteiger partial charge is 0.497 e. The molecule has 0 saturated carbocycles. The first kappa shape index (κ1) is 20.4. The number of nitrogens with one attached hydrogen (secondary N) is 1. The van der Waals surface area contributed by atoms with Crippen LogP contribution in [0.4, 0.5) is 11.4 Å². The zero-order valence-electron chi connectivity index (χ0n) is 18.0. The number of hydrogen-bond donors (Lipinski definition) is 1. The molecule has 31 heavy (non-hydrogen) atoms. The number of carbonyl (C=O) groups is 2. The number of imide groups is 1. The summed E-state index contributed by atoms with van der Waals surface area (Å²) < 4.78 is 5.24. The number of aryl methyl sites for hydroxylation is 3. The lowest BCUT2D eigenvalue weighted by molar-refractivity contribution is -0.120. The monoisotopic (exact) mass is 412 g/mol. The van der Waals surface area contributed by atoms with Crippen LogP contribution < -0.4 is 15.0 Å². The molecule has 3 aromatic carbocycles. The number of nitrogens with zero attached hydrogens (tertiary/aromatic N) is 1. The van der Waals surface area contributed by atoms with Crippen LogP contribution in [0.25, 0.3) is 5.57 Å². The molecule has 0 bridgehead atoms. The van der Waals surface area contributed by atoms with Gasteiger partial charge in [-0.05, 0) is 67.8 Å². The molecule has 1 aliphatic rings. The third kappa shape index (κ3) is 3.82. The van der Waals surface area contributed by atoms with Crippen LogP contribution in [0.3, 0.4) is 0 Å². The van der Waals surface area contributed by atoms with Gasteiger partial charge in [0.1, 0.15) is 11.4 Å². The second kappa shape index (κ2) is 8.11. The van der Waals surface area contributed by atoms with Crippen LogP contribution in [0.15, 0.2) is 72.4 Å². The molecule has 0 radical (unpaired) electrons. The maximum atomic E-state index is 13.5. The summed E-state index contributed by atoms with van der Waals surface area (Å²) in [5.74, 6) is -0.0482. The third-order valence-corrected chi connectivity index (χ3v) is 5.41. The Morgan fingerprint density at radius 2 is 1.42 bits per heavy atom. The van der Waals surface area contributed by atoms with Gasteiger partial charge in [0, 0.05) is 5.69 Å². The van der Waals surface area contributed by atoms with E-state index >= 15 is 0 Å². The highest BCUT2D eigenvalue weighted by molar-refractivity contribution is 6.46. The van der Waals surface area contributed by atoms with Crippen molar-refractivity contribution in [2.45, 2.75) is 20.8 Å². The fourth-order valence-corrected chi connectivity index (χ4v) is 3.60. The highest BCUT2D eigenvalue weighted by atomic mass is 16.5. The highest BCUT2D eigenvalue weighted by Gasteiger charge is 2.40. The summed E-state index contributed by atoms with van der Waals surface area (Å²) in [4.78, 5) is 28.2. The van der Waals surface area contributed by atoms with Gasteiger partial charge in [0.05, 0.1) is 18.4 Å². The van der Waals surface area contributed by atoms with Crippen molar-refractivity contribution in [1.29, 1.82) is 0 Å². The molecule has 156 valence electrons. The maximum Gasteiger partial charge on any atom is 0.282 e. The number of amides is 2. The van der Waals surface area contributed by atoms with Gasteiger partial charge >= 0.3 is 0 Å². The zero-order chi connectivity index (χ0) is 22.1. The molecule has 4 rings (SSSR count). The summed E-state index contributed by atoms with van der Waals surface area (Å²) in [5, 5.41) is 3.25. The van der Waals surface area contributed by atoms with E-state index < -0.39 is 0 Å². The zero-order valence-corrected chi connectivity index (χ0v) is 18.0. The molecule has 0 fully saturated rings. The van der Waals surface area contributed by atoms with E-state index in [1.165, 1.54) is 4.90 Å². The molecule has 0 aromatic heterocycles. The molecule has 0 aliphatic carbocycles. The summed E-state index contributed by atoms with van der Waals surface area (Å²) in [6.07, 6.45) is 0. The van der Waals surface area contributed by atoms with Crippen LogP contribution in [0.5, 0.6) is 5.75 Å². The van der Waals surface area contributed by atoms with Crippen LogP contribution in [-0.2, 0) is 9.59 Å². The van der Waals surface area contributed by atoms with E-state index in [0.717, 1.165) is 22.4 Å². The van der Waals surface area contributed by atoms with Crippen molar-refractivity contribution in [3.8, 4) is 5.75 Å². The quantitative estimate of drug-likeness (QED) is 0.598. The van der Waals surface area contributed by atoms with Crippen molar-refractivity contribution in [2.24, 2.45) is 0 Å². The summed E-state index contributed by atoms with van der Waals surface area (Å²) in [6, 6.07) is 20.5. The average molecular weight is 412 g/mol. The number of rotatable bonds is 5. The molecular weight excluding hydrogens is 388 g/mol. The standard InChI is InChI=1S/C26H24N2O3/c1-16-6-11-20(12-7-16)28-25(29)23(19-9-13-21(31-4)14-10-19)24(26(28)30)27-22-15-17(2)5-8-18(22)3/h5-15,27H,1-4H3. The van der Waals surface area contributed by atoms with Crippen LogP contribution >= 0.6 is 0 Å². The van der Waals surface area contributed by atoms with Crippen molar-refractivity contribution >= 4 is 28.8 Å². The smallest absolute Gasteiger partial charge is 0.282 e. The van der Waals surface area contributed by atoms with Crippen LogP contribution in [-0.4, -0.2) is 18.9 Å². The van der Waals surface area contributed by atoms with E-state index in [4.69, 9.17) is 4.74 Å². The maximum absolute atomic E-state index is 13.5. The third-order valence-electron chi connectivity index (χ3n) is 5.41. The summed E-state index contributed by atoms with van der Waals surface area (Å²) >= 11 is 0. The molecule has 0 unspecified atom stereocenters. The topological polar surface area (TPSA) is 58.6 Å². The predicted molar refractivity (Wildman–Crippen MR) is 123 cm³/mol. The van der Waals surface area contributed by atoms with E-state index in [0.29, 0.717) is 22.6 Å². The van der Waals surface area contributed by atoms with Gasteiger partial charge < -0.3 is 10.1 Å². The van der Waals surface area contributed by atoms with E-state index in [9.17, 15) is 9.59 Å². The molecule has 1 aliphatic heterocycles. The molecule has 1 heterocycles. The van der Waals surface area contributed by atoms with Gasteiger partial charge in [0.15, 0.2) is 0 Å². The first-order valence-corrected chi connectivity index (χ1v) is 10.1. The van der Waals surface area contributed by atoms with Crippen molar-refractivity contribution in [3.05, 3.63) is 94.7 Å². The minimum Gasteiger partial charge on any atom is -0.497 e. The molecule has 5 nitrogen and oxygen atoms in total. The second-order valence-corrected chi connectivity index (χ2v) is 7.70. The van der Waals surface area contributed by atoms with Gasteiger partial charge in [-0.15, -0.1) is 0 Å². The van der Waals surface area contributed by atoms with E-state index in [2.05, 4.69) is 5.32 Å². The molecule has 3 aromatic rings. The fraction of sp³-hybridized carbons (Fsp3) is 0.154. The highest BCUT2D eigenvalue weighted by Crippen LogP contribution is 2.35. The molecule has 0 atom stereocenters. The average Bonchev–Trinajstić information content (AvgIpc) is 3.01. The molecule has 2 amide bonds. The van der Waals surface area contributed by atoms with E-state index in [1.54, 1.807) is 43.5 Å². The van der Waals surface area contributed by atoms with Crippen molar-refractivity contribution in [3.63, 3.8) is 0 Å². The van der Waals surface area contributed by atoms with Crippen LogP contribution in [0.2, 0.25) is 0 Å². The summed E-state index contributed by atoms with van der Waals surface area (Å²) in [6.45, 7) is 5.92. The lowest BCUT2D eigenvalue weighted by atomic mass is 10.0. The lowest BCUT2D eigenvalue weighted by Crippen LogP contribution is -2.32.